The van der Waals surface area contributed by atoms with Crippen molar-refractivity contribution in [1.82, 2.24) is 12.3 Å². The minimum atomic E-state index is -4.68. The van der Waals surface area contributed by atoms with Gasteiger partial charge in [-0.15, -0.1) is 0 Å². The van der Waals surface area contributed by atoms with Gasteiger partial charge in [0, 0.05) is 0 Å². The van der Waals surface area contributed by atoms with E-state index >= 15 is 0 Å². The first kappa shape index (κ1) is 16.5. The molecule has 0 radical (unpaired) electrons. The second-order valence-corrected chi connectivity index (χ2v) is 2.43. The summed E-state index contributed by atoms with van der Waals surface area (Å²) < 4.78 is 13.5. The molecular formula is C3H15N2O4P. The molecule has 0 heterocycles. The van der Waals surface area contributed by atoms with Gasteiger partial charge in [-0.25, -0.2) is 0 Å². The molecular weight excluding hydrogens is 159 g/mol. The summed E-state index contributed by atoms with van der Waals surface area (Å²) in [5.41, 5.74) is 0. The molecule has 0 amide bonds. The molecule has 0 aromatic heterocycles. The first-order valence-electron chi connectivity index (χ1n) is 2.23. The third kappa shape index (κ3) is 15.7. The standard InChI is InChI=1S/C3H9O4P.2H3N/c1-2-3-7-8(4,5)6;;/h2-3H2,1H3,(H2,4,5,6);2*1H3. The van der Waals surface area contributed by atoms with Crippen molar-refractivity contribution in [3.05, 3.63) is 0 Å². The third-order valence-corrected chi connectivity index (χ3v) is 0.952. The van der Waals surface area contributed by atoms with Gasteiger partial charge in [-0.05, 0) is 6.42 Å². The molecule has 0 fully saturated rings. The van der Waals surface area contributed by atoms with E-state index in [-0.39, 0.29) is 18.9 Å². The van der Waals surface area contributed by atoms with Gasteiger partial charge in [0.05, 0.1) is 14.4 Å². The van der Waals surface area contributed by atoms with E-state index in [1.165, 1.54) is 0 Å². The molecule has 10 heavy (non-hydrogen) atoms. The normalized spacial score (nSPS) is 9.50. The van der Waals surface area contributed by atoms with E-state index in [9.17, 15) is 14.4 Å². The van der Waals surface area contributed by atoms with Crippen LogP contribution in [-0.4, -0.2) is 6.61 Å². The molecule has 0 atom stereocenters. The maximum Gasteiger partial charge on any atom is 0.0596 e. The molecule has 0 aromatic rings. The highest BCUT2D eigenvalue weighted by molar-refractivity contribution is 7.43. The molecule has 7 heteroatoms. The summed E-state index contributed by atoms with van der Waals surface area (Å²) in [5.74, 6) is 0. The lowest BCUT2D eigenvalue weighted by Gasteiger charge is -2.28. The SMILES string of the molecule is CCCOP(=O)([O-])[O-].[NH4+].[NH4+]. The minimum absolute atomic E-state index is 0. The van der Waals surface area contributed by atoms with Crippen LogP contribution in [0.1, 0.15) is 13.3 Å². The van der Waals surface area contributed by atoms with Gasteiger partial charge >= 0.3 is 0 Å². The highest BCUT2D eigenvalue weighted by Crippen LogP contribution is 2.23. The first-order valence-corrected chi connectivity index (χ1v) is 3.69. The molecule has 0 saturated carbocycles. The Labute approximate surface area is 60.0 Å². The fourth-order valence-electron chi connectivity index (χ4n) is 0.203. The van der Waals surface area contributed by atoms with Crippen LogP contribution in [0.15, 0.2) is 0 Å². The lowest BCUT2D eigenvalue weighted by Crippen LogP contribution is -2.16. The number of rotatable bonds is 3. The quantitative estimate of drug-likeness (QED) is 0.579. The summed E-state index contributed by atoms with van der Waals surface area (Å²) >= 11 is 0. The second-order valence-electron chi connectivity index (χ2n) is 1.28. The Hall–Kier alpha value is 0.0300. The fourth-order valence-corrected chi connectivity index (χ4v) is 0.609. The Bertz CT molecular complexity index is 103. The zero-order valence-electron chi connectivity index (χ0n) is 6.49. The van der Waals surface area contributed by atoms with Gasteiger partial charge < -0.3 is 31.2 Å². The van der Waals surface area contributed by atoms with Crippen molar-refractivity contribution in [2.45, 2.75) is 13.3 Å². The summed E-state index contributed by atoms with van der Waals surface area (Å²) in [4.78, 5) is 19.3. The Kier molecular flexibility index (Phi) is 11.8. The van der Waals surface area contributed by atoms with Crippen LogP contribution in [0.3, 0.4) is 0 Å². The number of hydrogen-bond donors (Lipinski definition) is 2. The van der Waals surface area contributed by atoms with E-state index in [0.717, 1.165) is 0 Å². The van der Waals surface area contributed by atoms with Gasteiger partial charge in [0.25, 0.3) is 0 Å². The predicted molar refractivity (Wildman–Crippen MR) is 35.8 cm³/mol. The van der Waals surface area contributed by atoms with E-state index in [0.29, 0.717) is 6.42 Å². The molecule has 8 N–H and O–H groups in total. The van der Waals surface area contributed by atoms with Crippen LogP contribution in [0, 0.1) is 0 Å². The van der Waals surface area contributed by atoms with E-state index in [1.807, 2.05) is 0 Å². The van der Waals surface area contributed by atoms with Gasteiger partial charge in [-0.3, -0.25) is 0 Å². The van der Waals surface area contributed by atoms with Crippen molar-refractivity contribution in [3.8, 4) is 0 Å². The summed E-state index contributed by atoms with van der Waals surface area (Å²) in [5, 5.41) is 0. The average Bonchev–Trinajstić information content (AvgIpc) is 1.59. The molecule has 0 bridgehead atoms. The third-order valence-electron chi connectivity index (χ3n) is 0.454. The minimum Gasteiger partial charge on any atom is -0.790 e. The predicted octanol–water partition coefficient (Wildman–Crippen LogP) is -0.00590. The summed E-state index contributed by atoms with van der Waals surface area (Å²) in [6, 6.07) is 0. The molecule has 0 aliphatic rings. The van der Waals surface area contributed by atoms with Gasteiger partial charge in [0.15, 0.2) is 0 Å². The van der Waals surface area contributed by atoms with Crippen molar-refractivity contribution in [1.29, 1.82) is 0 Å². The van der Waals surface area contributed by atoms with Gasteiger partial charge in [0.2, 0.25) is 0 Å². The Balaban J connectivity index is -0.000000245. The van der Waals surface area contributed by atoms with Crippen LogP contribution >= 0.6 is 7.82 Å². The van der Waals surface area contributed by atoms with Crippen LogP contribution in [0.4, 0.5) is 0 Å². The highest BCUT2D eigenvalue weighted by atomic mass is 31.2. The van der Waals surface area contributed by atoms with Crippen LogP contribution < -0.4 is 22.1 Å². The molecule has 0 saturated heterocycles. The molecule has 0 unspecified atom stereocenters. The largest absolute Gasteiger partial charge is 0.790 e. The van der Waals surface area contributed by atoms with Crippen LogP contribution in [0.25, 0.3) is 0 Å². The van der Waals surface area contributed by atoms with Crippen LogP contribution in [0.2, 0.25) is 0 Å². The van der Waals surface area contributed by atoms with Gasteiger partial charge in [0.1, 0.15) is 0 Å². The Morgan fingerprint density at radius 2 is 1.80 bits per heavy atom. The van der Waals surface area contributed by atoms with Crippen molar-refractivity contribution >= 4 is 7.82 Å². The van der Waals surface area contributed by atoms with Crippen LogP contribution in [0.5, 0.6) is 0 Å². The summed E-state index contributed by atoms with van der Waals surface area (Å²) in [6.45, 7) is 1.71. The number of hydrogen-bond acceptors (Lipinski definition) is 4. The lowest BCUT2D eigenvalue weighted by molar-refractivity contribution is -0.341. The fraction of sp³-hybridized carbons (Fsp3) is 1.00. The maximum absolute atomic E-state index is 9.64. The Morgan fingerprint density at radius 1 is 1.40 bits per heavy atom. The smallest absolute Gasteiger partial charge is 0.0596 e. The molecule has 0 spiro atoms. The lowest BCUT2D eigenvalue weighted by atomic mass is 10.5. The number of phosphoric ester groups is 1. The highest BCUT2D eigenvalue weighted by Gasteiger charge is 1.85. The topological polar surface area (TPSA) is 145 Å². The zero-order chi connectivity index (χ0) is 6.62. The first-order chi connectivity index (χ1) is 3.56. The molecule has 0 aliphatic carbocycles. The van der Waals surface area contributed by atoms with Gasteiger partial charge in [-0.2, -0.15) is 0 Å². The molecule has 0 aromatic carbocycles. The number of phosphoric acid groups is 1. The number of quaternary nitrogens is 2. The van der Waals surface area contributed by atoms with Gasteiger partial charge in [-0.1, -0.05) is 6.92 Å². The van der Waals surface area contributed by atoms with Crippen molar-refractivity contribution in [2.24, 2.45) is 0 Å². The van der Waals surface area contributed by atoms with Crippen molar-refractivity contribution in [3.63, 3.8) is 0 Å². The average molecular weight is 174 g/mol. The molecule has 66 valence electrons. The molecule has 0 rings (SSSR count). The van der Waals surface area contributed by atoms with Crippen molar-refractivity contribution < 1.29 is 18.9 Å². The van der Waals surface area contributed by atoms with E-state index in [4.69, 9.17) is 0 Å². The second kappa shape index (κ2) is 7.14. The van der Waals surface area contributed by atoms with E-state index in [2.05, 4.69) is 4.52 Å². The Morgan fingerprint density at radius 3 is 1.90 bits per heavy atom. The summed E-state index contributed by atoms with van der Waals surface area (Å²) in [7, 11) is -4.68. The van der Waals surface area contributed by atoms with Crippen molar-refractivity contribution in [2.75, 3.05) is 6.61 Å². The molecule has 6 nitrogen and oxygen atoms in total. The summed E-state index contributed by atoms with van der Waals surface area (Å²) in [6.07, 6.45) is 0.536. The maximum atomic E-state index is 9.64. The molecule has 0 aliphatic heterocycles. The van der Waals surface area contributed by atoms with E-state index in [1.54, 1.807) is 6.92 Å². The van der Waals surface area contributed by atoms with Crippen LogP contribution in [-0.2, 0) is 9.09 Å². The zero-order valence-corrected chi connectivity index (χ0v) is 7.39. The monoisotopic (exact) mass is 174 g/mol. The van der Waals surface area contributed by atoms with E-state index < -0.39 is 7.82 Å².